The Morgan fingerprint density at radius 1 is 1.36 bits per heavy atom. The lowest BCUT2D eigenvalue weighted by atomic mass is 10.4. The summed E-state index contributed by atoms with van der Waals surface area (Å²) < 4.78 is 1.09. The van der Waals surface area contributed by atoms with Gasteiger partial charge in [0, 0.05) is 6.08 Å². The minimum Gasteiger partial charge on any atom is -1.00 e. The number of hydrogen-bond acceptors (Lipinski definition) is 1. The average Bonchev–Trinajstić information content (AvgIpc) is 1.86. The summed E-state index contributed by atoms with van der Waals surface area (Å²) in [6.45, 7) is 6.64. The highest BCUT2D eigenvalue weighted by molar-refractivity contribution is 5.76. The van der Waals surface area contributed by atoms with Crippen molar-refractivity contribution in [1.82, 2.24) is 0 Å². The maximum atomic E-state index is 9.58. The van der Waals surface area contributed by atoms with Crippen molar-refractivity contribution >= 4 is 5.91 Å². The summed E-state index contributed by atoms with van der Waals surface area (Å²) in [6.07, 6.45) is 2.45. The van der Waals surface area contributed by atoms with Crippen molar-refractivity contribution in [2.45, 2.75) is 13.3 Å². The monoisotopic (exact) mass is 244 g/mol. The first kappa shape index (κ1) is 23.6. The van der Waals surface area contributed by atoms with E-state index in [0.29, 0.717) is 0 Å². The van der Waals surface area contributed by atoms with Crippen LogP contribution in [0.5, 0.6) is 0 Å². The van der Waals surface area contributed by atoms with Crippen LogP contribution < -0.4 is 30.5 Å². The second kappa shape index (κ2) is 12.9. The predicted molar refractivity (Wildman–Crippen MR) is 51.3 cm³/mol. The molecule has 0 bridgehead atoms. The Labute approximate surface area is 99.8 Å². The molecule has 0 aromatic heterocycles. The molecule has 0 aromatic rings. The zero-order chi connectivity index (χ0) is 10.2. The number of carbonyl (C=O) groups is 1. The molecular weight excluding hydrogens is 223 g/mol. The lowest BCUT2D eigenvalue weighted by Crippen LogP contribution is -3.00. The van der Waals surface area contributed by atoms with E-state index in [0.717, 1.165) is 4.48 Å². The molecule has 0 aliphatic carbocycles. The predicted octanol–water partition coefficient (Wildman–Crippen LogP) is -5.95. The molecule has 1 amide bonds. The summed E-state index contributed by atoms with van der Waals surface area (Å²) in [5.41, 5.74) is 3.00. The topological polar surface area (TPSA) is 44.7 Å². The van der Waals surface area contributed by atoms with Crippen molar-refractivity contribution in [3.8, 4) is 0 Å². The van der Waals surface area contributed by atoms with Crippen LogP contribution >= 0.6 is 0 Å². The number of nitrogens with zero attached hydrogens (tertiary/aromatic N) is 1. The molecule has 3 nitrogen and oxygen atoms in total. The Bertz CT molecular complexity index is 144. The first-order chi connectivity index (χ1) is 5.33. The number of halogens is 2. The van der Waals surface area contributed by atoms with Gasteiger partial charge in [-0.05, 0) is 6.42 Å². The summed E-state index contributed by atoms with van der Waals surface area (Å²) in [6, 6.07) is 0. The quantitative estimate of drug-likeness (QED) is 0.390. The van der Waals surface area contributed by atoms with E-state index in [2.05, 4.69) is 40.4 Å². The first-order valence-corrected chi connectivity index (χ1v) is 4.12. The van der Waals surface area contributed by atoms with Gasteiger partial charge in [0.25, 0.3) is 0 Å². The molecule has 0 spiro atoms. The normalized spacial score (nSPS) is 8.36. The van der Waals surface area contributed by atoms with Gasteiger partial charge in [-0.3, -0.25) is 5.73 Å². The summed E-state index contributed by atoms with van der Waals surface area (Å²) in [7, 11) is 6.64. The second-order valence-electron chi connectivity index (χ2n) is 3.68. The SMILES string of the molecule is C=CC([NH3+])=O.CCC[N+](C)(C)C.[Cl-].[Cl-]. The molecule has 88 valence electrons. The van der Waals surface area contributed by atoms with Gasteiger partial charge in [-0.1, -0.05) is 13.5 Å². The van der Waals surface area contributed by atoms with Crippen molar-refractivity contribution in [1.29, 1.82) is 0 Å². The molecule has 5 heteroatoms. The minimum absolute atomic E-state index is 0. The number of rotatable bonds is 3. The summed E-state index contributed by atoms with van der Waals surface area (Å²) in [4.78, 5) is 9.58. The number of quaternary nitrogens is 2. The van der Waals surface area contributed by atoms with E-state index in [-0.39, 0.29) is 30.7 Å². The van der Waals surface area contributed by atoms with Gasteiger partial charge in [0.05, 0.1) is 27.7 Å². The third-order valence-electron chi connectivity index (χ3n) is 1.12. The van der Waals surface area contributed by atoms with Gasteiger partial charge in [0.15, 0.2) is 0 Å². The lowest BCUT2D eigenvalue weighted by molar-refractivity contribution is -0.870. The van der Waals surface area contributed by atoms with E-state index in [1.807, 2.05) is 0 Å². The highest BCUT2D eigenvalue weighted by Gasteiger charge is 2.01. The van der Waals surface area contributed by atoms with Crippen molar-refractivity contribution in [2.75, 3.05) is 27.7 Å². The molecule has 0 fully saturated rings. The zero-order valence-corrected chi connectivity index (χ0v) is 11.0. The molecule has 0 saturated carbocycles. The van der Waals surface area contributed by atoms with Gasteiger partial charge in [0.2, 0.25) is 0 Å². The van der Waals surface area contributed by atoms with Gasteiger partial charge in [-0.15, -0.1) is 0 Å². The van der Waals surface area contributed by atoms with Crippen LogP contribution in [0.1, 0.15) is 13.3 Å². The van der Waals surface area contributed by atoms with E-state index < -0.39 is 0 Å². The van der Waals surface area contributed by atoms with Crippen LogP contribution in [0.15, 0.2) is 12.7 Å². The van der Waals surface area contributed by atoms with Crippen LogP contribution in [0, 0.1) is 0 Å². The third kappa shape index (κ3) is 40.6. The van der Waals surface area contributed by atoms with E-state index in [1.165, 1.54) is 19.0 Å². The maximum absolute atomic E-state index is 9.58. The van der Waals surface area contributed by atoms with Crippen LogP contribution in [0.4, 0.5) is 0 Å². The molecule has 0 rings (SSSR count). The Kier molecular flexibility index (Phi) is 21.8. The molecule has 0 saturated heterocycles. The largest absolute Gasteiger partial charge is 1.00 e. The van der Waals surface area contributed by atoms with Crippen molar-refractivity contribution < 1.29 is 39.8 Å². The van der Waals surface area contributed by atoms with Gasteiger partial charge in [-0.25, -0.2) is 4.79 Å². The van der Waals surface area contributed by atoms with Crippen molar-refractivity contribution in [2.24, 2.45) is 0 Å². The van der Waals surface area contributed by atoms with Crippen LogP contribution in [0.3, 0.4) is 0 Å². The van der Waals surface area contributed by atoms with Crippen LogP contribution in [-0.2, 0) is 4.79 Å². The smallest absolute Gasteiger partial charge is 0.333 e. The molecule has 0 aromatic carbocycles. The summed E-state index contributed by atoms with van der Waals surface area (Å²) >= 11 is 0. The van der Waals surface area contributed by atoms with E-state index in [1.54, 1.807) is 0 Å². The van der Waals surface area contributed by atoms with E-state index >= 15 is 0 Å². The second-order valence-corrected chi connectivity index (χ2v) is 3.68. The first-order valence-electron chi connectivity index (χ1n) is 4.12. The Balaban J connectivity index is -0.0000000651. The molecule has 3 N–H and O–H groups in total. The van der Waals surface area contributed by atoms with E-state index in [9.17, 15) is 4.79 Å². The van der Waals surface area contributed by atoms with Crippen molar-refractivity contribution in [3.05, 3.63) is 12.7 Å². The maximum Gasteiger partial charge on any atom is 0.333 e. The molecule has 0 radical (unpaired) electrons. The molecule has 0 heterocycles. The van der Waals surface area contributed by atoms with Crippen LogP contribution in [0.2, 0.25) is 0 Å². The fourth-order valence-corrected chi connectivity index (χ4v) is 0.671. The van der Waals surface area contributed by atoms with Crippen LogP contribution in [0.25, 0.3) is 0 Å². The van der Waals surface area contributed by atoms with E-state index in [4.69, 9.17) is 0 Å². The number of hydrogen-bond donors (Lipinski definition) is 1. The standard InChI is InChI=1S/C6H16N.C3H5NO.2ClH/c1-5-6-7(2,3)4;1-2-3(4)5;;/h5-6H2,1-4H3;2H,1H2,(H2,4,5);2*1H/q+1;;;/p-1. The fourth-order valence-electron chi connectivity index (χ4n) is 0.671. The Hall–Kier alpha value is -0.0900. The minimum atomic E-state index is -0.231. The summed E-state index contributed by atoms with van der Waals surface area (Å²) in [5, 5.41) is 0. The molecule has 14 heavy (non-hydrogen) atoms. The highest BCUT2D eigenvalue weighted by Crippen LogP contribution is 1.90. The number of carbonyl (C=O) groups excluding carboxylic acids is 1. The van der Waals surface area contributed by atoms with Crippen LogP contribution in [-0.4, -0.2) is 38.1 Å². The highest BCUT2D eigenvalue weighted by atomic mass is 35.5. The lowest BCUT2D eigenvalue weighted by Gasteiger charge is -2.22. The molecule has 0 unspecified atom stereocenters. The average molecular weight is 245 g/mol. The number of amides is 1. The zero-order valence-electron chi connectivity index (χ0n) is 9.52. The van der Waals surface area contributed by atoms with Gasteiger partial charge in [-0.2, -0.15) is 0 Å². The molecule has 0 aliphatic heterocycles. The van der Waals surface area contributed by atoms with Gasteiger partial charge in [0.1, 0.15) is 0 Å². The fraction of sp³-hybridized carbons (Fsp3) is 0.667. The van der Waals surface area contributed by atoms with Gasteiger partial charge < -0.3 is 29.3 Å². The summed E-state index contributed by atoms with van der Waals surface area (Å²) in [5.74, 6) is -0.231. The van der Waals surface area contributed by atoms with Crippen molar-refractivity contribution in [3.63, 3.8) is 0 Å². The van der Waals surface area contributed by atoms with Gasteiger partial charge >= 0.3 is 5.91 Å². The third-order valence-corrected chi connectivity index (χ3v) is 1.12. The molecular formula is C9H22Cl2N2O. The Morgan fingerprint density at radius 2 is 1.64 bits per heavy atom. The molecule has 0 aliphatic rings. The Morgan fingerprint density at radius 3 is 1.64 bits per heavy atom. The molecule has 0 atom stereocenters.